The summed E-state index contributed by atoms with van der Waals surface area (Å²) in [6.07, 6.45) is 3.22. The lowest BCUT2D eigenvalue weighted by Gasteiger charge is -2.24. The summed E-state index contributed by atoms with van der Waals surface area (Å²) in [6.45, 7) is 6.09. The Morgan fingerprint density at radius 2 is 2.22 bits per heavy atom. The number of carbonyl (C=O) groups excluding carboxylic acids is 1. The summed E-state index contributed by atoms with van der Waals surface area (Å²) < 4.78 is 11.1. The van der Waals surface area contributed by atoms with Crippen LogP contribution in [0.3, 0.4) is 0 Å². The van der Waals surface area contributed by atoms with Crippen molar-refractivity contribution in [2.24, 2.45) is 5.92 Å². The van der Waals surface area contributed by atoms with Gasteiger partial charge in [0.2, 0.25) is 5.91 Å². The lowest BCUT2D eigenvalue weighted by atomic mass is 10.0. The maximum Gasteiger partial charge on any atom is 0.237 e. The normalized spacial score (nSPS) is 21.9. The molecule has 0 bridgehead atoms. The summed E-state index contributed by atoms with van der Waals surface area (Å²) in [4.78, 5) is 11.6. The van der Waals surface area contributed by atoms with Crippen molar-refractivity contribution in [1.29, 1.82) is 0 Å². The number of amides is 1. The Hall–Kier alpha value is -0.650. The van der Waals surface area contributed by atoms with Crippen molar-refractivity contribution in [3.63, 3.8) is 0 Å². The summed E-state index contributed by atoms with van der Waals surface area (Å²) in [6, 6.07) is -0.161. The molecule has 1 saturated heterocycles. The fourth-order valence-corrected chi connectivity index (χ4v) is 2.03. The van der Waals surface area contributed by atoms with Gasteiger partial charge in [-0.1, -0.05) is 13.8 Å². The Bertz CT molecular complexity index is 240. The fraction of sp³-hybridized carbons (Fsp3) is 0.923. The minimum Gasteiger partial charge on any atom is -0.358 e. The van der Waals surface area contributed by atoms with Crippen LogP contribution in [0.25, 0.3) is 0 Å². The zero-order valence-corrected chi connectivity index (χ0v) is 11.7. The molecule has 1 aliphatic heterocycles. The predicted molar refractivity (Wildman–Crippen MR) is 70.2 cm³/mol. The second-order valence-corrected chi connectivity index (χ2v) is 4.96. The molecule has 2 atom stereocenters. The number of rotatable bonds is 7. The van der Waals surface area contributed by atoms with E-state index in [4.69, 9.17) is 9.47 Å². The summed E-state index contributed by atoms with van der Waals surface area (Å²) in [5.74, 6) is 0.287. The standard InChI is InChI=1S/C13H26N2O3/c1-10(2)12(13(16)14-3)15-7-9-18-11-6-4-5-8-17-11/h10-12,15H,4-9H2,1-3H3,(H,14,16)/t11-,12+/m1/s1. The lowest BCUT2D eigenvalue weighted by molar-refractivity contribution is -0.161. The average Bonchev–Trinajstić information content (AvgIpc) is 2.38. The van der Waals surface area contributed by atoms with Gasteiger partial charge in [-0.05, 0) is 25.2 Å². The van der Waals surface area contributed by atoms with E-state index >= 15 is 0 Å². The van der Waals surface area contributed by atoms with Crippen LogP contribution in [0, 0.1) is 5.92 Å². The minimum absolute atomic E-state index is 0.0268. The Morgan fingerprint density at radius 1 is 1.44 bits per heavy atom. The van der Waals surface area contributed by atoms with Gasteiger partial charge < -0.3 is 20.1 Å². The predicted octanol–water partition coefficient (Wildman–Crippen LogP) is 0.890. The molecule has 0 spiro atoms. The van der Waals surface area contributed by atoms with Crippen LogP contribution in [0.4, 0.5) is 0 Å². The van der Waals surface area contributed by atoms with Crippen LogP contribution in [-0.2, 0) is 14.3 Å². The highest BCUT2D eigenvalue weighted by Gasteiger charge is 2.20. The van der Waals surface area contributed by atoms with E-state index in [9.17, 15) is 4.79 Å². The van der Waals surface area contributed by atoms with E-state index in [1.807, 2.05) is 13.8 Å². The van der Waals surface area contributed by atoms with Gasteiger partial charge in [0.25, 0.3) is 0 Å². The molecule has 5 heteroatoms. The van der Waals surface area contributed by atoms with Gasteiger partial charge in [-0.25, -0.2) is 0 Å². The van der Waals surface area contributed by atoms with E-state index in [0.29, 0.717) is 13.2 Å². The van der Waals surface area contributed by atoms with Crippen LogP contribution in [0.1, 0.15) is 33.1 Å². The highest BCUT2D eigenvalue weighted by atomic mass is 16.7. The molecule has 0 aromatic carbocycles. The molecule has 1 fully saturated rings. The number of carbonyl (C=O) groups is 1. The third kappa shape index (κ3) is 5.33. The van der Waals surface area contributed by atoms with Crippen LogP contribution in [0.15, 0.2) is 0 Å². The third-order valence-electron chi connectivity index (χ3n) is 3.10. The molecule has 0 aliphatic carbocycles. The van der Waals surface area contributed by atoms with Gasteiger partial charge in [-0.3, -0.25) is 4.79 Å². The Kier molecular flexibility index (Phi) is 7.23. The highest BCUT2D eigenvalue weighted by Crippen LogP contribution is 2.13. The van der Waals surface area contributed by atoms with Crippen LogP contribution < -0.4 is 10.6 Å². The molecule has 5 nitrogen and oxygen atoms in total. The number of likely N-dealkylation sites (N-methyl/N-ethyl adjacent to an activating group) is 1. The molecule has 0 aromatic heterocycles. The maximum absolute atomic E-state index is 11.6. The van der Waals surface area contributed by atoms with E-state index in [0.717, 1.165) is 19.4 Å². The van der Waals surface area contributed by atoms with Crippen LogP contribution in [-0.4, -0.2) is 45.0 Å². The topological polar surface area (TPSA) is 59.6 Å². The molecule has 2 N–H and O–H groups in total. The second-order valence-electron chi connectivity index (χ2n) is 4.96. The smallest absolute Gasteiger partial charge is 0.237 e. The third-order valence-corrected chi connectivity index (χ3v) is 3.10. The molecular formula is C13H26N2O3. The van der Waals surface area contributed by atoms with E-state index < -0.39 is 0 Å². The van der Waals surface area contributed by atoms with Crippen LogP contribution >= 0.6 is 0 Å². The molecule has 18 heavy (non-hydrogen) atoms. The Morgan fingerprint density at radius 3 is 2.78 bits per heavy atom. The largest absolute Gasteiger partial charge is 0.358 e. The molecular weight excluding hydrogens is 232 g/mol. The Balaban J connectivity index is 2.16. The van der Waals surface area contributed by atoms with Crippen molar-refractivity contribution in [3.8, 4) is 0 Å². The van der Waals surface area contributed by atoms with Crippen molar-refractivity contribution in [2.75, 3.05) is 26.8 Å². The molecule has 0 saturated carbocycles. The number of hydrogen-bond donors (Lipinski definition) is 2. The molecule has 1 heterocycles. The molecule has 1 rings (SSSR count). The Labute approximate surface area is 110 Å². The first-order valence-corrected chi connectivity index (χ1v) is 6.83. The SMILES string of the molecule is CNC(=O)[C@@H](NCCO[C@@H]1CCCCO1)C(C)C. The zero-order valence-electron chi connectivity index (χ0n) is 11.7. The quantitative estimate of drug-likeness (QED) is 0.666. The van der Waals surface area contributed by atoms with Gasteiger partial charge in [0, 0.05) is 20.2 Å². The first-order chi connectivity index (χ1) is 8.65. The monoisotopic (exact) mass is 258 g/mol. The summed E-state index contributed by atoms with van der Waals surface area (Å²) >= 11 is 0. The van der Waals surface area contributed by atoms with Crippen molar-refractivity contribution >= 4 is 5.91 Å². The average molecular weight is 258 g/mol. The van der Waals surface area contributed by atoms with Gasteiger partial charge in [0.15, 0.2) is 6.29 Å². The van der Waals surface area contributed by atoms with Gasteiger partial charge in [-0.15, -0.1) is 0 Å². The van der Waals surface area contributed by atoms with Crippen LogP contribution in [0.5, 0.6) is 0 Å². The first kappa shape index (κ1) is 15.4. The molecule has 0 unspecified atom stereocenters. The summed E-state index contributed by atoms with van der Waals surface area (Å²) in [5.41, 5.74) is 0. The van der Waals surface area contributed by atoms with Crippen molar-refractivity contribution in [2.45, 2.75) is 45.4 Å². The molecule has 1 amide bonds. The summed E-state index contributed by atoms with van der Waals surface area (Å²) in [7, 11) is 1.66. The van der Waals surface area contributed by atoms with Gasteiger partial charge in [0.1, 0.15) is 0 Å². The minimum atomic E-state index is -0.161. The molecule has 1 aliphatic rings. The van der Waals surface area contributed by atoms with Gasteiger partial charge in [-0.2, -0.15) is 0 Å². The number of hydrogen-bond acceptors (Lipinski definition) is 4. The van der Waals surface area contributed by atoms with E-state index in [1.165, 1.54) is 6.42 Å². The van der Waals surface area contributed by atoms with Gasteiger partial charge in [0.05, 0.1) is 12.6 Å². The van der Waals surface area contributed by atoms with E-state index in [2.05, 4.69) is 10.6 Å². The first-order valence-electron chi connectivity index (χ1n) is 6.83. The fourth-order valence-electron chi connectivity index (χ4n) is 2.03. The van der Waals surface area contributed by atoms with E-state index in [1.54, 1.807) is 7.05 Å². The van der Waals surface area contributed by atoms with Crippen molar-refractivity contribution in [3.05, 3.63) is 0 Å². The number of nitrogens with one attached hydrogen (secondary N) is 2. The van der Waals surface area contributed by atoms with Gasteiger partial charge >= 0.3 is 0 Å². The molecule has 106 valence electrons. The maximum atomic E-state index is 11.6. The lowest BCUT2D eigenvalue weighted by Crippen LogP contribution is -2.47. The second kappa shape index (κ2) is 8.45. The van der Waals surface area contributed by atoms with Crippen molar-refractivity contribution < 1.29 is 14.3 Å². The molecule has 0 radical (unpaired) electrons. The summed E-state index contributed by atoms with van der Waals surface area (Å²) in [5, 5.41) is 5.89. The number of ether oxygens (including phenoxy) is 2. The zero-order chi connectivity index (χ0) is 13.4. The van der Waals surface area contributed by atoms with E-state index in [-0.39, 0.29) is 24.2 Å². The highest BCUT2D eigenvalue weighted by molar-refractivity contribution is 5.81. The van der Waals surface area contributed by atoms with Crippen molar-refractivity contribution in [1.82, 2.24) is 10.6 Å². The molecule has 0 aromatic rings. The van der Waals surface area contributed by atoms with Crippen LogP contribution in [0.2, 0.25) is 0 Å².